The number of rotatable bonds is 4. The van der Waals surface area contributed by atoms with Crippen molar-refractivity contribution >= 4 is 38.7 Å². The van der Waals surface area contributed by atoms with Crippen LogP contribution >= 0.6 is 23.2 Å². The summed E-state index contributed by atoms with van der Waals surface area (Å²) in [6.45, 7) is 1.79. The van der Waals surface area contributed by atoms with Gasteiger partial charge >= 0.3 is 0 Å². The Morgan fingerprint density at radius 3 is 2.50 bits per heavy atom. The Morgan fingerprint density at radius 1 is 1.18 bits per heavy atom. The molecule has 0 aromatic heterocycles. The van der Waals surface area contributed by atoms with Crippen LogP contribution in [-0.2, 0) is 9.84 Å². The lowest BCUT2D eigenvalue weighted by molar-refractivity contribution is 0.600. The van der Waals surface area contributed by atoms with Crippen LogP contribution in [0.5, 0.6) is 0 Å². The van der Waals surface area contributed by atoms with Gasteiger partial charge in [-0.1, -0.05) is 35.3 Å². The van der Waals surface area contributed by atoms with Crippen LogP contribution in [-0.4, -0.2) is 14.7 Å². The maximum Gasteiger partial charge on any atom is 0.177 e. The molecule has 0 saturated carbocycles. The van der Waals surface area contributed by atoms with Crippen LogP contribution in [0.2, 0.25) is 10.0 Å². The van der Waals surface area contributed by atoms with Crippen LogP contribution in [0.3, 0.4) is 0 Å². The molecule has 2 rings (SSSR count). The molecule has 0 bridgehead atoms. The molecular weight excluding hydrogens is 348 g/mol. The predicted molar refractivity (Wildman–Crippen MR) is 88.0 cm³/mol. The summed E-state index contributed by atoms with van der Waals surface area (Å²) < 4.78 is 37.0. The Bertz CT molecular complexity index is 809. The van der Waals surface area contributed by atoms with Gasteiger partial charge in [0.1, 0.15) is 5.82 Å². The van der Waals surface area contributed by atoms with Gasteiger partial charge in [0.25, 0.3) is 0 Å². The Kier molecular flexibility index (Phi) is 5.00. The zero-order valence-corrected chi connectivity index (χ0v) is 14.2. The minimum Gasteiger partial charge on any atom is -0.377 e. The minimum atomic E-state index is -3.48. The van der Waals surface area contributed by atoms with Crippen LogP contribution in [0.15, 0.2) is 41.3 Å². The molecule has 0 heterocycles. The fraction of sp³-hybridized carbons (Fsp3) is 0.200. The topological polar surface area (TPSA) is 46.2 Å². The van der Waals surface area contributed by atoms with Gasteiger partial charge in [-0.15, -0.1) is 0 Å². The Balaban J connectivity index is 2.42. The number of hydrogen-bond acceptors (Lipinski definition) is 3. The predicted octanol–water partition coefficient (Wildman–Crippen LogP) is 4.71. The van der Waals surface area contributed by atoms with Crippen molar-refractivity contribution < 1.29 is 12.8 Å². The highest BCUT2D eigenvalue weighted by atomic mass is 35.5. The van der Waals surface area contributed by atoms with Crippen molar-refractivity contribution in [3.8, 4) is 0 Å². The van der Waals surface area contributed by atoms with E-state index in [1.54, 1.807) is 25.1 Å². The van der Waals surface area contributed by atoms with Gasteiger partial charge in [-0.3, -0.25) is 0 Å². The van der Waals surface area contributed by atoms with E-state index in [-0.39, 0.29) is 16.6 Å². The molecule has 0 spiro atoms. The van der Waals surface area contributed by atoms with Crippen molar-refractivity contribution in [1.82, 2.24) is 0 Å². The molecular formula is C15H14Cl2FNO2S. The molecule has 0 aliphatic carbocycles. The third kappa shape index (κ3) is 3.72. The van der Waals surface area contributed by atoms with Gasteiger partial charge in [0.15, 0.2) is 9.84 Å². The molecule has 118 valence electrons. The molecule has 2 aromatic carbocycles. The van der Waals surface area contributed by atoms with Gasteiger partial charge in [0, 0.05) is 6.26 Å². The first kappa shape index (κ1) is 17.1. The second kappa shape index (κ2) is 6.44. The van der Waals surface area contributed by atoms with Crippen LogP contribution in [0.4, 0.5) is 10.1 Å². The van der Waals surface area contributed by atoms with Gasteiger partial charge in [-0.2, -0.15) is 0 Å². The first-order valence-corrected chi connectivity index (χ1v) is 9.05. The van der Waals surface area contributed by atoms with E-state index in [0.717, 1.165) is 18.4 Å². The number of anilines is 1. The fourth-order valence-electron chi connectivity index (χ4n) is 2.10. The minimum absolute atomic E-state index is 0.0268. The van der Waals surface area contributed by atoms with Gasteiger partial charge < -0.3 is 5.32 Å². The monoisotopic (exact) mass is 361 g/mol. The standard InChI is InChI=1S/C15H14Cl2FNO2S/c1-9(11-4-3-5-12(16)15(11)17)19-13-8-10(18)6-7-14(13)22(2,20)21/h3-9,19H,1-2H3. The van der Waals surface area contributed by atoms with Gasteiger partial charge in [0.2, 0.25) is 0 Å². The molecule has 0 radical (unpaired) electrons. The van der Waals surface area contributed by atoms with Crippen LogP contribution < -0.4 is 5.32 Å². The zero-order chi connectivity index (χ0) is 16.5. The van der Waals surface area contributed by atoms with E-state index >= 15 is 0 Å². The van der Waals surface area contributed by atoms with Crippen LogP contribution in [0.1, 0.15) is 18.5 Å². The highest BCUT2D eigenvalue weighted by Crippen LogP contribution is 2.33. The molecule has 7 heteroatoms. The van der Waals surface area contributed by atoms with E-state index in [0.29, 0.717) is 15.6 Å². The number of hydrogen-bond donors (Lipinski definition) is 1. The van der Waals surface area contributed by atoms with Crippen molar-refractivity contribution in [3.63, 3.8) is 0 Å². The van der Waals surface area contributed by atoms with Gasteiger partial charge in [-0.25, -0.2) is 12.8 Å². The highest BCUT2D eigenvalue weighted by Gasteiger charge is 2.18. The zero-order valence-electron chi connectivity index (χ0n) is 11.9. The van der Waals surface area contributed by atoms with Crippen LogP contribution in [0, 0.1) is 5.82 Å². The molecule has 3 nitrogen and oxygen atoms in total. The lowest BCUT2D eigenvalue weighted by Gasteiger charge is -2.19. The molecule has 0 saturated heterocycles. The Hall–Kier alpha value is -1.30. The average molecular weight is 362 g/mol. The molecule has 1 unspecified atom stereocenters. The summed E-state index contributed by atoms with van der Waals surface area (Å²) in [7, 11) is -3.48. The van der Waals surface area contributed by atoms with E-state index in [9.17, 15) is 12.8 Å². The van der Waals surface area contributed by atoms with Crippen molar-refractivity contribution in [2.24, 2.45) is 0 Å². The summed E-state index contributed by atoms with van der Waals surface area (Å²) in [4.78, 5) is 0.0268. The fourth-order valence-corrected chi connectivity index (χ4v) is 3.41. The second-order valence-corrected chi connectivity index (χ2v) is 7.69. The average Bonchev–Trinajstić information content (AvgIpc) is 2.40. The number of halogens is 3. The summed E-state index contributed by atoms with van der Waals surface area (Å²) in [6, 6.07) is 8.30. The van der Waals surface area contributed by atoms with E-state index < -0.39 is 15.7 Å². The maximum absolute atomic E-state index is 13.4. The number of nitrogens with one attached hydrogen (secondary N) is 1. The van der Waals surface area contributed by atoms with E-state index in [1.807, 2.05) is 0 Å². The summed E-state index contributed by atoms with van der Waals surface area (Å²) in [6.07, 6.45) is 1.07. The Morgan fingerprint density at radius 2 is 1.86 bits per heavy atom. The summed E-state index contributed by atoms with van der Waals surface area (Å²) in [5, 5.41) is 3.75. The largest absolute Gasteiger partial charge is 0.377 e. The molecule has 0 aliphatic heterocycles. The first-order valence-electron chi connectivity index (χ1n) is 6.40. The summed E-state index contributed by atoms with van der Waals surface area (Å²) in [5.41, 5.74) is 0.879. The smallest absolute Gasteiger partial charge is 0.177 e. The SMILES string of the molecule is CC(Nc1cc(F)ccc1S(C)(=O)=O)c1cccc(Cl)c1Cl. The highest BCUT2D eigenvalue weighted by molar-refractivity contribution is 7.90. The third-order valence-corrected chi connectivity index (χ3v) is 5.15. The van der Waals surface area contributed by atoms with Gasteiger partial charge in [0.05, 0.1) is 26.7 Å². The molecule has 0 aliphatic rings. The van der Waals surface area contributed by atoms with E-state index in [4.69, 9.17) is 23.2 Å². The molecule has 0 amide bonds. The van der Waals surface area contributed by atoms with Gasteiger partial charge in [-0.05, 0) is 36.8 Å². The first-order chi connectivity index (χ1) is 10.2. The lowest BCUT2D eigenvalue weighted by atomic mass is 10.1. The van der Waals surface area contributed by atoms with Crippen molar-refractivity contribution in [3.05, 3.63) is 57.8 Å². The number of benzene rings is 2. The second-order valence-electron chi connectivity index (χ2n) is 4.92. The molecule has 22 heavy (non-hydrogen) atoms. The third-order valence-electron chi connectivity index (χ3n) is 3.16. The maximum atomic E-state index is 13.4. The van der Waals surface area contributed by atoms with Crippen molar-refractivity contribution in [1.29, 1.82) is 0 Å². The molecule has 1 N–H and O–H groups in total. The van der Waals surface area contributed by atoms with E-state index in [1.165, 1.54) is 6.07 Å². The molecule has 2 aromatic rings. The normalized spacial score (nSPS) is 13.0. The Labute approximate surface area is 139 Å². The quantitative estimate of drug-likeness (QED) is 0.802. The van der Waals surface area contributed by atoms with Crippen molar-refractivity contribution in [2.45, 2.75) is 17.9 Å². The summed E-state index contributed by atoms with van der Waals surface area (Å²) >= 11 is 12.1. The number of sulfone groups is 1. The molecule has 1 atom stereocenters. The van der Waals surface area contributed by atoms with E-state index in [2.05, 4.69) is 5.32 Å². The summed E-state index contributed by atoms with van der Waals surface area (Å²) in [5.74, 6) is -0.528. The van der Waals surface area contributed by atoms with Crippen LogP contribution in [0.25, 0.3) is 0 Å². The van der Waals surface area contributed by atoms with Crippen molar-refractivity contribution in [2.75, 3.05) is 11.6 Å². The lowest BCUT2D eigenvalue weighted by Crippen LogP contribution is -2.11. The molecule has 0 fully saturated rings.